The first-order valence-electron chi connectivity index (χ1n) is 4.45. The van der Waals surface area contributed by atoms with Crippen LogP contribution in [0.25, 0.3) is 0 Å². The lowest BCUT2D eigenvalue weighted by Crippen LogP contribution is -2.37. The predicted molar refractivity (Wildman–Crippen MR) is 55.1 cm³/mol. The van der Waals surface area contributed by atoms with Crippen molar-refractivity contribution in [1.29, 1.82) is 0 Å². The molecule has 1 N–H and O–H groups in total. The Morgan fingerprint density at radius 1 is 1.38 bits per heavy atom. The lowest BCUT2D eigenvalue weighted by Gasteiger charge is -2.29. The molecule has 0 aliphatic rings. The van der Waals surface area contributed by atoms with Crippen LogP contribution in [0, 0.1) is 23.2 Å². The van der Waals surface area contributed by atoms with E-state index in [2.05, 4.69) is 11.2 Å². The minimum absolute atomic E-state index is 0.0378. The van der Waals surface area contributed by atoms with Gasteiger partial charge in [-0.1, -0.05) is 13.8 Å². The molecule has 1 amide bonds. The minimum Gasteiger partial charge on any atom is -0.359 e. The van der Waals surface area contributed by atoms with E-state index in [1.165, 1.54) is 0 Å². The minimum atomic E-state index is -0.398. The SMILES string of the molecule is C#CC(C)(C)CC(C)(C)C(=O)NC. The van der Waals surface area contributed by atoms with Crippen LogP contribution < -0.4 is 5.32 Å². The zero-order valence-electron chi connectivity index (χ0n) is 9.19. The average Bonchev–Trinajstić information content (AvgIpc) is 2.01. The van der Waals surface area contributed by atoms with Gasteiger partial charge in [0.2, 0.25) is 5.91 Å². The van der Waals surface area contributed by atoms with Gasteiger partial charge in [-0.2, -0.15) is 0 Å². The molecule has 0 unspecified atom stereocenters. The average molecular weight is 181 g/mol. The Bertz CT molecular complexity index is 233. The fourth-order valence-electron chi connectivity index (χ4n) is 1.57. The van der Waals surface area contributed by atoms with Crippen molar-refractivity contribution < 1.29 is 4.79 Å². The second-order valence-corrected chi connectivity index (χ2v) is 4.67. The van der Waals surface area contributed by atoms with Crippen molar-refractivity contribution in [2.24, 2.45) is 10.8 Å². The maximum atomic E-state index is 11.4. The highest BCUT2D eigenvalue weighted by atomic mass is 16.2. The lowest BCUT2D eigenvalue weighted by molar-refractivity contribution is -0.130. The molecule has 0 saturated carbocycles. The third-order valence-electron chi connectivity index (χ3n) is 2.12. The van der Waals surface area contributed by atoms with Crippen LogP contribution >= 0.6 is 0 Å². The Kier molecular flexibility index (Phi) is 3.54. The van der Waals surface area contributed by atoms with Crippen molar-refractivity contribution in [2.45, 2.75) is 34.1 Å². The van der Waals surface area contributed by atoms with E-state index in [4.69, 9.17) is 6.42 Å². The quantitative estimate of drug-likeness (QED) is 0.661. The third kappa shape index (κ3) is 3.50. The van der Waals surface area contributed by atoms with Gasteiger partial charge in [0, 0.05) is 17.9 Å². The number of amides is 1. The number of hydrogen-bond acceptors (Lipinski definition) is 1. The number of carbonyl (C=O) groups excluding carboxylic acids is 1. The van der Waals surface area contributed by atoms with Crippen LogP contribution in [0.4, 0.5) is 0 Å². The fourth-order valence-corrected chi connectivity index (χ4v) is 1.57. The van der Waals surface area contributed by atoms with Gasteiger partial charge >= 0.3 is 0 Å². The van der Waals surface area contributed by atoms with E-state index in [-0.39, 0.29) is 11.3 Å². The van der Waals surface area contributed by atoms with Gasteiger partial charge < -0.3 is 5.32 Å². The van der Waals surface area contributed by atoms with Crippen molar-refractivity contribution in [2.75, 3.05) is 7.05 Å². The second-order valence-electron chi connectivity index (χ2n) is 4.67. The number of nitrogens with one attached hydrogen (secondary N) is 1. The van der Waals surface area contributed by atoms with E-state index >= 15 is 0 Å². The van der Waals surface area contributed by atoms with Gasteiger partial charge in [-0.3, -0.25) is 4.79 Å². The van der Waals surface area contributed by atoms with Gasteiger partial charge in [0.25, 0.3) is 0 Å². The van der Waals surface area contributed by atoms with Crippen molar-refractivity contribution in [3.05, 3.63) is 0 Å². The first-order chi connectivity index (χ1) is 5.75. The fraction of sp³-hybridized carbons (Fsp3) is 0.727. The normalized spacial score (nSPS) is 12.0. The molecule has 0 fully saturated rings. The molecule has 0 saturated heterocycles. The first-order valence-corrected chi connectivity index (χ1v) is 4.45. The Morgan fingerprint density at radius 3 is 2.15 bits per heavy atom. The van der Waals surface area contributed by atoms with Gasteiger partial charge in [-0.05, 0) is 20.3 Å². The molecule has 0 aromatic rings. The molecule has 0 rings (SSSR count). The van der Waals surface area contributed by atoms with E-state index in [0.717, 1.165) is 0 Å². The van der Waals surface area contributed by atoms with Crippen LogP contribution in [0.5, 0.6) is 0 Å². The lowest BCUT2D eigenvalue weighted by atomic mass is 9.75. The largest absolute Gasteiger partial charge is 0.359 e. The predicted octanol–water partition coefficient (Wildman–Crippen LogP) is 1.81. The molecule has 0 aromatic heterocycles. The van der Waals surface area contributed by atoms with Crippen molar-refractivity contribution in [3.8, 4) is 12.3 Å². The maximum absolute atomic E-state index is 11.4. The Balaban J connectivity index is 4.53. The van der Waals surface area contributed by atoms with Gasteiger partial charge in [0.15, 0.2) is 0 Å². The van der Waals surface area contributed by atoms with E-state index in [1.54, 1.807) is 7.05 Å². The van der Waals surface area contributed by atoms with Crippen LogP contribution in [-0.4, -0.2) is 13.0 Å². The van der Waals surface area contributed by atoms with Crippen LogP contribution in [0.1, 0.15) is 34.1 Å². The van der Waals surface area contributed by atoms with E-state index in [1.807, 2.05) is 27.7 Å². The van der Waals surface area contributed by atoms with Crippen molar-refractivity contribution in [1.82, 2.24) is 5.32 Å². The highest BCUT2D eigenvalue weighted by Gasteiger charge is 2.32. The summed E-state index contributed by atoms with van der Waals surface area (Å²) in [4.78, 5) is 11.4. The summed E-state index contributed by atoms with van der Waals surface area (Å²) in [6, 6.07) is 0. The second kappa shape index (κ2) is 3.83. The number of terminal acetylenes is 1. The Hall–Kier alpha value is -0.970. The molecule has 0 aliphatic heterocycles. The van der Waals surface area contributed by atoms with Gasteiger partial charge in [0.05, 0.1) is 0 Å². The summed E-state index contributed by atoms with van der Waals surface area (Å²) in [6.07, 6.45) is 6.06. The molecular formula is C11H19NO. The Labute approximate surface area is 81.1 Å². The summed E-state index contributed by atoms with van der Waals surface area (Å²) in [6.45, 7) is 7.76. The standard InChI is InChI=1S/C11H19NO/c1-7-10(2,3)8-11(4,5)9(13)12-6/h1H,8H2,2-6H3,(H,12,13). The summed E-state index contributed by atoms with van der Waals surface area (Å²) >= 11 is 0. The number of rotatable bonds is 3. The summed E-state index contributed by atoms with van der Waals surface area (Å²) < 4.78 is 0. The topological polar surface area (TPSA) is 29.1 Å². The molecule has 0 aliphatic carbocycles. The van der Waals surface area contributed by atoms with Crippen molar-refractivity contribution >= 4 is 5.91 Å². The molecule has 0 heterocycles. The molecule has 0 aromatic carbocycles. The van der Waals surface area contributed by atoms with E-state index in [9.17, 15) is 4.79 Å². The highest BCUT2D eigenvalue weighted by molar-refractivity contribution is 5.81. The zero-order valence-corrected chi connectivity index (χ0v) is 9.19. The zero-order chi connectivity index (χ0) is 10.7. The Morgan fingerprint density at radius 2 is 1.85 bits per heavy atom. The van der Waals surface area contributed by atoms with Crippen molar-refractivity contribution in [3.63, 3.8) is 0 Å². The molecule has 74 valence electrons. The summed E-state index contributed by atoms with van der Waals surface area (Å²) in [5.74, 6) is 2.73. The van der Waals surface area contributed by atoms with E-state index in [0.29, 0.717) is 6.42 Å². The smallest absolute Gasteiger partial charge is 0.225 e. The van der Waals surface area contributed by atoms with Gasteiger partial charge in [0.1, 0.15) is 0 Å². The highest BCUT2D eigenvalue weighted by Crippen LogP contribution is 2.32. The summed E-state index contributed by atoms with van der Waals surface area (Å²) in [7, 11) is 1.65. The molecule has 0 spiro atoms. The molecule has 0 atom stereocenters. The van der Waals surface area contributed by atoms with E-state index < -0.39 is 5.41 Å². The first kappa shape index (κ1) is 12.0. The molecule has 2 nitrogen and oxygen atoms in total. The van der Waals surface area contributed by atoms with Crippen LogP contribution in [0.15, 0.2) is 0 Å². The third-order valence-corrected chi connectivity index (χ3v) is 2.12. The van der Waals surface area contributed by atoms with Crippen LogP contribution in [0.2, 0.25) is 0 Å². The molecule has 2 heteroatoms. The number of hydrogen-bond donors (Lipinski definition) is 1. The maximum Gasteiger partial charge on any atom is 0.225 e. The summed E-state index contributed by atoms with van der Waals surface area (Å²) in [5.41, 5.74) is -0.624. The molecule has 13 heavy (non-hydrogen) atoms. The van der Waals surface area contributed by atoms with Gasteiger partial charge in [-0.25, -0.2) is 0 Å². The monoisotopic (exact) mass is 181 g/mol. The van der Waals surface area contributed by atoms with Gasteiger partial charge in [-0.15, -0.1) is 12.3 Å². The van der Waals surface area contributed by atoms with Crippen LogP contribution in [0.3, 0.4) is 0 Å². The summed E-state index contributed by atoms with van der Waals surface area (Å²) in [5, 5.41) is 2.64. The van der Waals surface area contributed by atoms with Crippen LogP contribution in [-0.2, 0) is 4.79 Å². The molecular weight excluding hydrogens is 162 g/mol. The molecule has 0 radical (unpaired) electrons. The molecule has 0 bridgehead atoms. The number of carbonyl (C=O) groups is 1.